The first-order chi connectivity index (χ1) is 15.1. The van der Waals surface area contributed by atoms with E-state index < -0.39 is 6.03 Å². The summed E-state index contributed by atoms with van der Waals surface area (Å²) >= 11 is 0. The van der Waals surface area contributed by atoms with Gasteiger partial charge in [0.05, 0.1) is 6.54 Å². The number of carbonyl (C=O) groups is 2. The van der Waals surface area contributed by atoms with Crippen molar-refractivity contribution < 1.29 is 19.1 Å². The number of rotatable bonds is 6. The van der Waals surface area contributed by atoms with Crippen LogP contribution in [0.5, 0.6) is 11.5 Å². The zero-order chi connectivity index (χ0) is 21.6. The molecule has 1 saturated heterocycles. The molecular formula is C23H28N4O4. The topological polar surface area (TPSA) is 83.1 Å². The molecular weight excluding hydrogens is 396 g/mol. The van der Waals surface area contributed by atoms with E-state index in [2.05, 4.69) is 33.7 Å². The number of carbonyl (C=O) groups excluding carboxylic acids is 2. The van der Waals surface area contributed by atoms with Crippen molar-refractivity contribution in [3.63, 3.8) is 0 Å². The molecule has 2 aliphatic rings. The van der Waals surface area contributed by atoms with Crippen LogP contribution in [-0.4, -0.2) is 50.3 Å². The molecule has 8 heteroatoms. The Kier molecular flexibility index (Phi) is 6.57. The minimum Gasteiger partial charge on any atom is -0.454 e. The van der Waals surface area contributed by atoms with E-state index >= 15 is 0 Å². The number of likely N-dealkylation sites (N-methyl/N-ethyl adjacent to an activating group) is 1. The number of hydrogen-bond acceptors (Lipinski definition) is 6. The molecule has 164 valence electrons. The Hall–Kier alpha value is -3.26. The van der Waals surface area contributed by atoms with Gasteiger partial charge in [0, 0.05) is 37.1 Å². The van der Waals surface area contributed by atoms with Crippen LogP contribution in [0.4, 0.5) is 16.2 Å². The molecule has 0 bridgehead atoms. The Morgan fingerprint density at radius 1 is 1.03 bits per heavy atom. The highest BCUT2D eigenvalue weighted by molar-refractivity contribution is 6.01. The van der Waals surface area contributed by atoms with Crippen LogP contribution in [0, 0.1) is 0 Å². The van der Waals surface area contributed by atoms with Gasteiger partial charge in [-0.2, -0.15) is 0 Å². The van der Waals surface area contributed by atoms with Crippen LogP contribution in [0.15, 0.2) is 42.5 Å². The number of benzene rings is 2. The molecule has 31 heavy (non-hydrogen) atoms. The quantitative estimate of drug-likeness (QED) is 0.741. The van der Waals surface area contributed by atoms with E-state index in [-0.39, 0.29) is 19.2 Å². The number of ether oxygens (including phenoxy) is 2. The summed E-state index contributed by atoms with van der Waals surface area (Å²) in [6, 6.07) is 12.8. The highest BCUT2D eigenvalue weighted by atomic mass is 16.7. The predicted molar refractivity (Wildman–Crippen MR) is 119 cm³/mol. The minimum absolute atomic E-state index is 0.114. The van der Waals surface area contributed by atoms with E-state index in [1.165, 1.54) is 30.5 Å². The van der Waals surface area contributed by atoms with Gasteiger partial charge in [0.15, 0.2) is 11.5 Å². The van der Waals surface area contributed by atoms with Gasteiger partial charge in [-0.05, 0) is 50.1 Å². The van der Waals surface area contributed by atoms with Crippen LogP contribution >= 0.6 is 0 Å². The first kappa shape index (κ1) is 21.0. The number of anilines is 2. The summed E-state index contributed by atoms with van der Waals surface area (Å²) in [6.07, 6.45) is 3.71. The summed E-state index contributed by atoms with van der Waals surface area (Å²) in [5.74, 6) is 0.834. The SMILES string of the molecule is CN(CC(=O)NC(=O)Nc1ccc2c(c1)OCO2)Cc1ccccc1N1CCCCC1. The van der Waals surface area contributed by atoms with E-state index in [0.29, 0.717) is 23.7 Å². The maximum atomic E-state index is 12.3. The molecule has 8 nitrogen and oxygen atoms in total. The molecule has 0 unspecified atom stereocenters. The molecule has 2 heterocycles. The fourth-order valence-corrected chi connectivity index (χ4v) is 3.98. The average molecular weight is 425 g/mol. The van der Waals surface area contributed by atoms with Crippen molar-refractivity contribution in [3.8, 4) is 11.5 Å². The normalized spacial score (nSPS) is 15.1. The molecule has 3 amide bonds. The van der Waals surface area contributed by atoms with E-state index in [1.807, 2.05) is 18.0 Å². The van der Waals surface area contributed by atoms with E-state index in [9.17, 15) is 9.59 Å². The highest BCUT2D eigenvalue weighted by Crippen LogP contribution is 2.34. The molecule has 2 N–H and O–H groups in total. The summed E-state index contributed by atoms with van der Waals surface area (Å²) in [6.45, 7) is 3.05. The number of imide groups is 1. The Labute approximate surface area is 182 Å². The first-order valence-corrected chi connectivity index (χ1v) is 10.6. The number of hydrogen-bond donors (Lipinski definition) is 2. The summed E-state index contributed by atoms with van der Waals surface area (Å²) in [5, 5.41) is 5.02. The molecule has 0 aromatic heterocycles. The van der Waals surface area contributed by atoms with Crippen molar-refractivity contribution in [2.75, 3.05) is 43.7 Å². The molecule has 2 aromatic carbocycles. The van der Waals surface area contributed by atoms with Gasteiger partial charge in [0.1, 0.15) is 0 Å². The molecule has 0 spiro atoms. The molecule has 1 fully saturated rings. The maximum absolute atomic E-state index is 12.3. The Morgan fingerprint density at radius 3 is 2.65 bits per heavy atom. The standard InChI is InChI=1S/C23H28N4O4/c1-26(14-17-7-3-4-8-19(17)27-11-5-2-6-12-27)15-22(28)25-23(29)24-18-9-10-20-21(13-18)31-16-30-20/h3-4,7-10,13H,2,5-6,11-12,14-16H2,1H3,(H2,24,25,28,29). The zero-order valence-corrected chi connectivity index (χ0v) is 17.7. The summed E-state index contributed by atoms with van der Waals surface area (Å²) < 4.78 is 10.5. The van der Waals surface area contributed by atoms with Crippen molar-refractivity contribution in [3.05, 3.63) is 48.0 Å². The van der Waals surface area contributed by atoms with Gasteiger partial charge < -0.3 is 19.7 Å². The lowest BCUT2D eigenvalue weighted by Gasteiger charge is -2.31. The van der Waals surface area contributed by atoms with Crippen molar-refractivity contribution in [1.29, 1.82) is 0 Å². The van der Waals surface area contributed by atoms with E-state index in [4.69, 9.17) is 9.47 Å². The molecule has 0 radical (unpaired) electrons. The van der Waals surface area contributed by atoms with Crippen molar-refractivity contribution in [2.45, 2.75) is 25.8 Å². The van der Waals surface area contributed by atoms with E-state index in [1.54, 1.807) is 18.2 Å². The van der Waals surface area contributed by atoms with E-state index in [0.717, 1.165) is 13.1 Å². The lowest BCUT2D eigenvalue weighted by Crippen LogP contribution is -2.40. The second-order valence-corrected chi connectivity index (χ2v) is 7.92. The second-order valence-electron chi connectivity index (χ2n) is 7.92. The number of para-hydroxylation sites is 1. The number of nitrogens with zero attached hydrogens (tertiary/aromatic N) is 2. The fourth-order valence-electron chi connectivity index (χ4n) is 3.98. The van der Waals surface area contributed by atoms with Gasteiger partial charge in [-0.1, -0.05) is 18.2 Å². The molecule has 2 aromatic rings. The third kappa shape index (κ3) is 5.46. The van der Waals surface area contributed by atoms with Gasteiger partial charge in [-0.3, -0.25) is 15.0 Å². The van der Waals surface area contributed by atoms with Crippen LogP contribution in [-0.2, 0) is 11.3 Å². The van der Waals surface area contributed by atoms with Crippen molar-refractivity contribution >= 4 is 23.3 Å². The summed E-state index contributed by atoms with van der Waals surface area (Å²) in [4.78, 5) is 28.9. The Morgan fingerprint density at radius 2 is 1.81 bits per heavy atom. The maximum Gasteiger partial charge on any atom is 0.325 e. The van der Waals surface area contributed by atoms with Crippen LogP contribution < -0.4 is 25.0 Å². The summed E-state index contributed by atoms with van der Waals surface area (Å²) in [7, 11) is 1.88. The van der Waals surface area contributed by atoms with Crippen LogP contribution in [0.3, 0.4) is 0 Å². The lowest BCUT2D eigenvalue weighted by atomic mass is 10.1. The fraction of sp³-hybridized carbons (Fsp3) is 0.391. The molecule has 2 aliphatic heterocycles. The third-order valence-corrected chi connectivity index (χ3v) is 5.43. The third-order valence-electron chi connectivity index (χ3n) is 5.43. The Bertz CT molecular complexity index is 943. The van der Waals surface area contributed by atoms with Gasteiger partial charge >= 0.3 is 6.03 Å². The van der Waals surface area contributed by atoms with Crippen molar-refractivity contribution in [2.24, 2.45) is 0 Å². The zero-order valence-electron chi connectivity index (χ0n) is 17.7. The van der Waals surface area contributed by atoms with Gasteiger partial charge in [0.2, 0.25) is 12.7 Å². The monoisotopic (exact) mass is 424 g/mol. The molecule has 0 atom stereocenters. The lowest BCUT2D eigenvalue weighted by molar-refractivity contribution is -0.120. The first-order valence-electron chi connectivity index (χ1n) is 10.6. The van der Waals surface area contributed by atoms with Crippen LogP contribution in [0.25, 0.3) is 0 Å². The second kappa shape index (κ2) is 9.70. The number of piperidine rings is 1. The average Bonchev–Trinajstić information content (AvgIpc) is 3.22. The Balaban J connectivity index is 1.28. The molecule has 0 saturated carbocycles. The molecule has 0 aliphatic carbocycles. The smallest absolute Gasteiger partial charge is 0.325 e. The molecule has 4 rings (SSSR count). The van der Waals surface area contributed by atoms with Crippen LogP contribution in [0.2, 0.25) is 0 Å². The van der Waals surface area contributed by atoms with Gasteiger partial charge in [0.25, 0.3) is 0 Å². The number of amides is 3. The minimum atomic E-state index is -0.578. The number of urea groups is 1. The van der Waals surface area contributed by atoms with Crippen LogP contribution in [0.1, 0.15) is 24.8 Å². The van der Waals surface area contributed by atoms with Gasteiger partial charge in [-0.25, -0.2) is 4.79 Å². The van der Waals surface area contributed by atoms with Crippen molar-refractivity contribution in [1.82, 2.24) is 10.2 Å². The summed E-state index contributed by atoms with van der Waals surface area (Å²) in [5.41, 5.74) is 2.94. The predicted octanol–water partition coefficient (Wildman–Crippen LogP) is 3.19. The van der Waals surface area contributed by atoms with Gasteiger partial charge in [-0.15, -0.1) is 0 Å². The number of nitrogens with one attached hydrogen (secondary N) is 2. The highest BCUT2D eigenvalue weighted by Gasteiger charge is 2.18. The number of fused-ring (bicyclic) bond motifs is 1. The largest absolute Gasteiger partial charge is 0.454 e.